The molecule has 24 heavy (non-hydrogen) atoms. The Morgan fingerprint density at radius 3 is 2.79 bits per heavy atom. The van der Waals surface area contributed by atoms with Gasteiger partial charge in [-0.15, -0.1) is 0 Å². The summed E-state index contributed by atoms with van der Waals surface area (Å²) in [4.78, 5) is 17.1. The molecule has 4 aliphatic rings. The Kier molecular flexibility index (Phi) is 2.80. The maximum Gasteiger partial charge on any atom is 0.246 e. The lowest BCUT2D eigenvalue weighted by Crippen LogP contribution is -2.40. The Balaban J connectivity index is 1.62. The van der Waals surface area contributed by atoms with Crippen molar-refractivity contribution >= 4 is 11.6 Å². The smallest absolute Gasteiger partial charge is 0.246 e. The highest BCUT2D eigenvalue weighted by atomic mass is 19.1. The summed E-state index contributed by atoms with van der Waals surface area (Å²) in [6.07, 6.45) is 4.51. The number of aliphatic imine (C=N–C) groups is 1. The Hall–Kier alpha value is -2.69. The van der Waals surface area contributed by atoms with Gasteiger partial charge in [-0.2, -0.15) is 0 Å². The Bertz CT molecular complexity index is 866. The zero-order valence-electron chi connectivity index (χ0n) is 12.9. The fourth-order valence-electron chi connectivity index (χ4n) is 4.26. The van der Waals surface area contributed by atoms with Crippen LogP contribution in [-0.4, -0.2) is 11.6 Å². The van der Waals surface area contributed by atoms with Crippen molar-refractivity contribution in [1.29, 1.82) is 0 Å². The minimum atomic E-state index is -0.528. The molecular formula is C19H16FN3O. The molecule has 0 bridgehead atoms. The van der Waals surface area contributed by atoms with Crippen molar-refractivity contribution in [2.45, 2.75) is 18.8 Å². The SMILES string of the molecule is O=C1NNC2=C3C(=NC4=CC(F)=CC1C43)CC(c1ccccc1)C2. The standard InChI is InChI=1S/C19H16FN3O/c20-12-8-13-17-15(9-12)21-14-6-11(10-4-2-1-3-5-10)7-16(18(14)17)22-23-19(13)24/h1-5,8-9,11,13,17,22H,6-7H2,(H,23,24). The molecule has 2 heterocycles. The van der Waals surface area contributed by atoms with Crippen molar-refractivity contribution in [3.8, 4) is 0 Å². The maximum atomic E-state index is 13.9. The molecule has 1 amide bonds. The zero-order chi connectivity index (χ0) is 16.3. The number of hydrogen-bond acceptors (Lipinski definition) is 3. The zero-order valence-corrected chi connectivity index (χ0v) is 12.9. The number of amides is 1. The average Bonchev–Trinajstić information content (AvgIpc) is 2.90. The van der Waals surface area contributed by atoms with Crippen LogP contribution in [0, 0.1) is 11.8 Å². The van der Waals surface area contributed by atoms with E-state index in [0.29, 0.717) is 11.6 Å². The van der Waals surface area contributed by atoms with Crippen molar-refractivity contribution < 1.29 is 9.18 Å². The minimum absolute atomic E-state index is 0.152. The number of carbonyl (C=O) groups excluding carboxylic acids is 1. The molecule has 0 saturated heterocycles. The van der Waals surface area contributed by atoms with Gasteiger partial charge in [-0.1, -0.05) is 30.3 Å². The first-order valence-electron chi connectivity index (χ1n) is 8.21. The molecule has 0 fully saturated rings. The number of carbonyl (C=O) groups is 1. The molecule has 2 aliphatic heterocycles. The highest BCUT2D eigenvalue weighted by Crippen LogP contribution is 2.48. The van der Waals surface area contributed by atoms with E-state index in [4.69, 9.17) is 4.99 Å². The second-order valence-electron chi connectivity index (χ2n) is 6.71. The molecule has 3 atom stereocenters. The number of benzene rings is 1. The van der Waals surface area contributed by atoms with Crippen molar-refractivity contribution in [3.63, 3.8) is 0 Å². The molecule has 2 aliphatic carbocycles. The van der Waals surface area contributed by atoms with Crippen LogP contribution in [-0.2, 0) is 4.79 Å². The van der Waals surface area contributed by atoms with Crippen LogP contribution < -0.4 is 10.9 Å². The molecule has 0 saturated carbocycles. The van der Waals surface area contributed by atoms with Gasteiger partial charge in [0, 0.05) is 22.9 Å². The minimum Gasteiger partial charge on any atom is -0.302 e. The lowest BCUT2D eigenvalue weighted by molar-refractivity contribution is -0.124. The van der Waals surface area contributed by atoms with Crippen LogP contribution in [0.2, 0.25) is 0 Å². The van der Waals surface area contributed by atoms with Gasteiger partial charge in [0.1, 0.15) is 5.83 Å². The first kappa shape index (κ1) is 13.7. The van der Waals surface area contributed by atoms with Crippen molar-refractivity contribution in [2.75, 3.05) is 0 Å². The van der Waals surface area contributed by atoms with Gasteiger partial charge in [0.15, 0.2) is 0 Å². The molecule has 0 aromatic heterocycles. The largest absolute Gasteiger partial charge is 0.302 e. The van der Waals surface area contributed by atoms with Crippen LogP contribution in [0.1, 0.15) is 24.3 Å². The van der Waals surface area contributed by atoms with E-state index in [9.17, 15) is 9.18 Å². The van der Waals surface area contributed by atoms with Crippen LogP contribution in [0.4, 0.5) is 4.39 Å². The Labute approximate surface area is 138 Å². The summed E-state index contributed by atoms with van der Waals surface area (Å²) in [5.74, 6) is -0.958. The van der Waals surface area contributed by atoms with Crippen LogP contribution >= 0.6 is 0 Å². The molecule has 0 spiro atoms. The first-order valence-corrected chi connectivity index (χ1v) is 8.21. The number of hydrazine groups is 1. The van der Waals surface area contributed by atoms with Gasteiger partial charge in [-0.3, -0.25) is 15.2 Å². The number of nitrogens with zero attached hydrogens (tertiary/aromatic N) is 1. The monoisotopic (exact) mass is 321 g/mol. The topological polar surface area (TPSA) is 53.5 Å². The fourth-order valence-corrected chi connectivity index (χ4v) is 4.26. The molecule has 5 rings (SSSR count). The Morgan fingerprint density at radius 1 is 1.12 bits per heavy atom. The second kappa shape index (κ2) is 4.90. The molecule has 120 valence electrons. The number of nitrogens with one attached hydrogen (secondary N) is 2. The molecule has 1 aromatic carbocycles. The van der Waals surface area contributed by atoms with Gasteiger partial charge in [0.2, 0.25) is 5.91 Å². The molecule has 5 heteroatoms. The highest BCUT2D eigenvalue weighted by Gasteiger charge is 2.46. The van der Waals surface area contributed by atoms with Gasteiger partial charge >= 0.3 is 0 Å². The number of allylic oxidation sites excluding steroid dienone is 4. The average molecular weight is 321 g/mol. The van der Waals surface area contributed by atoms with E-state index in [1.54, 1.807) is 0 Å². The normalized spacial score (nSPS) is 30.5. The third-order valence-electron chi connectivity index (χ3n) is 5.31. The fraction of sp³-hybridized carbons (Fsp3) is 0.263. The van der Waals surface area contributed by atoms with Crippen LogP contribution in [0.3, 0.4) is 0 Å². The predicted molar refractivity (Wildman–Crippen MR) is 88.4 cm³/mol. The second-order valence-corrected chi connectivity index (χ2v) is 6.71. The Morgan fingerprint density at radius 2 is 1.96 bits per heavy atom. The summed E-state index contributed by atoms with van der Waals surface area (Å²) in [5.41, 5.74) is 10.8. The van der Waals surface area contributed by atoms with E-state index < -0.39 is 5.92 Å². The number of rotatable bonds is 1. The van der Waals surface area contributed by atoms with E-state index in [-0.39, 0.29) is 17.7 Å². The lowest BCUT2D eigenvalue weighted by Gasteiger charge is -2.28. The van der Waals surface area contributed by atoms with E-state index >= 15 is 0 Å². The molecule has 4 nitrogen and oxygen atoms in total. The van der Waals surface area contributed by atoms with E-state index in [0.717, 1.165) is 29.8 Å². The van der Waals surface area contributed by atoms with E-state index in [1.165, 1.54) is 17.7 Å². The summed E-state index contributed by atoms with van der Waals surface area (Å²) in [7, 11) is 0. The summed E-state index contributed by atoms with van der Waals surface area (Å²) in [5, 5.41) is 0. The first-order chi connectivity index (χ1) is 11.7. The third-order valence-corrected chi connectivity index (χ3v) is 5.31. The number of hydrogen-bond donors (Lipinski definition) is 2. The van der Waals surface area contributed by atoms with Gasteiger partial charge in [0.05, 0.1) is 11.6 Å². The maximum absolute atomic E-state index is 13.9. The summed E-state index contributed by atoms with van der Waals surface area (Å²) in [6, 6.07) is 10.3. The van der Waals surface area contributed by atoms with E-state index in [2.05, 4.69) is 23.0 Å². The van der Waals surface area contributed by atoms with Crippen LogP contribution in [0.5, 0.6) is 0 Å². The third kappa shape index (κ3) is 1.90. The van der Waals surface area contributed by atoms with Crippen molar-refractivity contribution in [3.05, 3.63) is 70.8 Å². The summed E-state index contributed by atoms with van der Waals surface area (Å²) >= 11 is 0. The highest BCUT2D eigenvalue weighted by molar-refractivity contribution is 6.07. The molecular weight excluding hydrogens is 305 g/mol. The predicted octanol–water partition coefficient (Wildman–Crippen LogP) is 2.89. The summed E-state index contributed by atoms with van der Waals surface area (Å²) < 4.78 is 13.9. The molecule has 3 unspecified atom stereocenters. The van der Waals surface area contributed by atoms with E-state index in [1.807, 2.05) is 18.2 Å². The van der Waals surface area contributed by atoms with Crippen molar-refractivity contribution in [2.24, 2.45) is 16.8 Å². The summed E-state index contributed by atoms with van der Waals surface area (Å²) in [6.45, 7) is 0. The van der Waals surface area contributed by atoms with Gasteiger partial charge in [0.25, 0.3) is 0 Å². The molecule has 0 radical (unpaired) electrons. The van der Waals surface area contributed by atoms with Crippen molar-refractivity contribution in [1.82, 2.24) is 10.9 Å². The quantitative estimate of drug-likeness (QED) is 0.836. The molecule has 2 N–H and O–H groups in total. The van der Waals surface area contributed by atoms with Crippen LogP contribution in [0.25, 0.3) is 0 Å². The molecule has 1 aromatic rings. The van der Waals surface area contributed by atoms with Crippen LogP contribution in [0.15, 0.2) is 70.3 Å². The van der Waals surface area contributed by atoms with Gasteiger partial charge < -0.3 is 5.43 Å². The van der Waals surface area contributed by atoms with Gasteiger partial charge in [-0.05, 0) is 36.5 Å². The lowest BCUT2D eigenvalue weighted by atomic mass is 9.74. The van der Waals surface area contributed by atoms with Gasteiger partial charge in [-0.25, -0.2) is 4.39 Å². The number of halogens is 1.